The van der Waals surface area contributed by atoms with Crippen molar-refractivity contribution in [3.05, 3.63) is 0 Å². The third kappa shape index (κ3) is 3.03. The number of rotatable bonds is 0. The Hall–Kier alpha value is -0.970. The third-order valence-corrected chi connectivity index (χ3v) is 0.267. The van der Waals surface area contributed by atoms with Gasteiger partial charge in [-0.05, 0) is 6.92 Å². The van der Waals surface area contributed by atoms with Gasteiger partial charge in [-0.15, -0.1) is 5.92 Å². The van der Waals surface area contributed by atoms with Gasteiger partial charge in [-0.25, -0.2) is 0 Å². The Morgan fingerprint density at radius 1 is 1.83 bits per heavy atom. The molecule has 0 fully saturated rings. The average molecular weight is 83.1 g/mol. The monoisotopic (exact) mass is 83.0 g/mol. The first-order valence-corrected chi connectivity index (χ1v) is 1.50. The van der Waals surface area contributed by atoms with Crippen LogP contribution in [0, 0.1) is 11.8 Å². The zero-order chi connectivity index (χ0) is 4.83. The van der Waals surface area contributed by atoms with Crippen molar-refractivity contribution >= 4 is 6.21 Å². The lowest BCUT2D eigenvalue weighted by Gasteiger charge is -1.57. The van der Waals surface area contributed by atoms with Gasteiger partial charge in [0.25, 0.3) is 0 Å². The molecule has 32 valence electrons. The topological polar surface area (TPSA) is 32.6 Å². The molecule has 2 nitrogen and oxygen atoms in total. The maximum absolute atomic E-state index is 7.66. The lowest BCUT2D eigenvalue weighted by Crippen LogP contribution is -1.58. The fraction of sp³-hybridized carbons (Fsp3) is 0.250. The van der Waals surface area contributed by atoms with Crippen LogP contribution < -0.4 is 0 Å². The smallest absolute Gasteiger partial charge is 0.116 e. The number of nitrogens with zero attached hydrogens (tertiary/aromatic N) is 1. The van der Waals surface area contributed by atoms with Gasteiger partial charge in [-0.3, -0.25) is 0 Å². The van der Waals surface area contributed by atoms with Crippen molar-refractivity contribution in [2.45, 2.75) is 6.92 Å². The Bertz CT molecular complexity index is 95.9. The summed E-state index contributed by atoms with van der Waals surface area (Å²) in [7, 11) is 0. The molecule has 0 unspecified atom stereocenters. The molecule has 0 aliphatic carbocycles. The molecule has 0 aromatic rings. The first-order valence-electron chi connectivity index (χ1n) is 1.50. The van der Waals surface area contributed by atoms with E-state index in [1.54, 1.807) is 6.92 Å². The highest BCUT2D eigenvalue weighted by Gasteiger charge is 1.47. The first-order chi connectivity index (χ1) is 2.91. The minimum absolute atomic E-state index is 1.12. The molecule has 6 heavy (non-hydrogen) atoms. The molecular formula is C4H5NO. The molecule has 0 radical (unpaired) electrons. The second-order valence-corrected chi connectivity index (χ2v) is 0.639. The van der Waals surface area contributed by atoms with Crippen molar-refractivity contribution in [3.63, 3.8) is 0 Å². The van der Waals surface area contributed by atoms with Gasteiger partial charge < -0.3 is 5.21 Å². The molecule has 0 aliphatic rings. The van der Waals surface area contributed by atoms with Crippen LogP contribution in [0.1, 0.15) is 6.92 Å². The predicted molar refractivity (Wildman–Crippen MR) is 23.7 cm³/mol. The van der Waals surface area contributed by atoms with E-state index in [-0.39, 0.29) is 0 Å². The van der Waals surface area contributed by atoms with Crippen molar-refractivity contribution in [1.29, 1.82) is 0 Å². The van der Waals surface area contributed by atoms with Crippen LogP contribution in [0.5, 0.6) is 0 Å². The standard InChI is InChI=1S/C4H5NO/c1-2-3-4-5-6/h4,6H,1H3. The van der Waals surface area contributed by atoms with Gasteiger partial charge >= 0.3 is 0 Å². The predicted octanol–water partition coefficient (Wildman–Crippen LogP) is 0.470. The van der Waals surface area contributed by atoms with Gasteiger partial charge in [0.15, 0.2) is 0 Å². The van der Waals surface area contributed by atoms with Gasteiger partial charge in [0, 0.05) is 0 Å². The summed E-state index contributed by atoms with van der Waals surface area (Å²) in [5.74, 6) is 4.92. The van der Waals surface area contributed by atoms with Crippen molar-refractivity contribution in [3.8, 4) is 11.8 Å². The van der Waals surface area contributed by atoms with E-state index in [1.165, 1.54) is 0 Å². The third-order valence-electron chi connectivity index (χ3n) is 0.267. The summed E-state index contributed by atoms with van der Waals surface area (Å²) < 4.78 is 0. The summed E-state index contributed by atoms with van der Waals surface area (Å²) in [4.78, 5) is 0. The molecule has 2 heteroatoms. The van der Waals surface area contributed by atoms with E-state index < -0.39 is 0 Å². The molecule has 0 aromatic heterocycles. The normalized spacial score (nSPS) is 7.50. The molecule has 0 aromatic carbocycles. The highest BCUT2D eigenvalue weighted by Crippen LogP contribution is 1.46. The van der Waals surface area contributed by atoms with Crippen molar-refractivity contribution in [2.24, 2.45) is 5.16 Å². The van der Waals surface area contributed by atoms with Crippen LogP contribution in [-0.4, -0.2) is 11.4 Å². The highest BCUT2D eigenvalue weighted by atomic mass is 16.4. The highest BCUT2D eigenvalue weighted by molar-refractivity contribution is 5.77. The van der Waals surface area contributed by atoms with Crippen LogP contribution in [-0.2, 0) is 0 Å². The lowest BCUT2D eigenvalue weighted by molar-refractivity contribution is 0.322. The van der Waals surface area contributed by atoms with E-state index in [0.717, 1.165) is 6.21 Å². The Morgan fingerprint density at radius 2 is 2.50 bits per heavy atom. The largest absolute Gasteiger partial charge is 0.410 e. The van der Waals surface area contributed by atoms with Crippen molar-refractivity contribution < 1.29 is 5.21 Å². The minimum Gasteiger partial charge on any atom is -0.410 e. The molecule has 0 bridgehead atoms. The van der Waals surface area contributed by atoms with Crippen LogP contribution in [0.2, 0.25) is 0 Å². The molecule has 0 heterocycles. The van der Waals surface area contributed by atoms with Crippen molar-refractivity contribution in [1.82, 2.24) is 0 Å². The maximum Gasteiger partial charge on any atom is 0.116 e. The van der Waals surface area contributed by atoms with E-state index in [1.807, 2.05) is 0 Å². The van der Waals surface area contributed by atoms with Gasteiger partial charge in [-0.1, -0.05) is 11.1 Å². The van der Waals surface area contributed by atoms with Gasteiger partial charge in [-0.2, -0.15) is 0 Å². The van der Waals surface area contributed by atoms with Crippen LogP contribution in [0.25, 0.3) is 0 Å². The average Bonchev–Trinajstić information content (AvgIpc) is 1.61. The first kappa shape index (κ1) is 5.03. The van der Waals surface area contributed by atoms with Crippen LogP contribution >= 0.6 is 0 Å². The Kier molecular flexibility index (Phi) is 3.38. The minimum atomic E-state index is 1.12. The quantitative estimate of drug-likeness (QED) is 0.196. The number of hydrogen-bond donors (Lipinski definition) is 1. The summed E-state index contributed by atoms with van der Waals surface area (Å²) in [6.07, 6.45) is 1.12. The van der Waals surface area contributed by atoms with E-state index in [2.05, 4.69) is 17.0 Å². The zero-order valence-electron chi connectivity index (χ0n) is 3.47. The Balaban J connectivity index is 3.24. The Morgan fingerprint density at radius 3 is 2.67 bits per heavy atom. The molecule has 0 atom stereocenters. The van der Waals surface area contributed by atoms with Crippen LogP contribution in [0.3, 0.4) is 0 Å². The molecule has 0 spiro atoms. The molecule has 0 amide bonds. The molecule has 0 rings (SSSR count). The molecule has 0 saturated carbocycles. The second kappa shape index (κ2) is 4.03. The van der Waals surface area contributed by atoms with E-state index in [0.29, 0.717) is 0 Å². The summed E-state index contributed by atoms with van der Waals surface area (Å²) in [6.45, 7) is 1.67. The fourth-order valence-corrected chi connectivity index (χ4v) is 0.0934. The lowest BCUT2D eigenvalue weighted by atomic mass is 10.6. The number of hydrogen-bond acceptors (Lipinski definition) is 2. The van der Waals surface area contributed by atoms with E-state index in [9.17, 15) is 0 Å². The SMILES string of the molecule is CC#CC=NO. The molecule has 0 saturated heterocycles. The number of oxime groups is 1. The van der Waals surface area contributed by atoms with E-state index in [4.69, 9.17) is 5.21 Å². The van der Waals surface area contributed by atoms with Crippen molar-refractivity contribution in [2.75, 3.05) is 0 Å². The molecular weight excluding hydrogens is 78.0 g/mol. The fourth-order valence-electron chi connectivity index (χ4n) is 0.0934. The van der Waals surface area contributed by atoms with Crippen LogP contribution in [0.15, 0.2) is 5.16 Å². The summed E-state index contributed by atoms with van der Waals surface area (Å²) in [5.41, 5.74) is 0. The second-order valence-electron chi connectivity index (χ2n) is 0.639. The zero-order valence-corrected chi connectivity index (χ0v) is 3.47. The molecule has 1 N–H and O–H groups in total. The van der Waals surface area contributed by atoms with E-state index >= 15 is 0 Å². The van der Waals surface area contributed by atoms with Gasteiger partial charge in [0.05, 0.1) is 0 Å². The van der Waals surface area contributed by atoms with Crippen LogP contribution in [0.4, 0.5) is 0 Å². The molecule has 0 aliphatic heterocycles. The van der Waals surface area contributed by atoms with Gasteiger partial charge in [0.1, 0.15) is 6.21 Å². The summed E-state index contributed by atoms with van der Waals surface area (Å²) >= 11 is 0. The summed E-state index contributed by atoms with van der Waals surface area (Å²) in [6, 6.07) is 0. The summed E-state index contributed by atoms with van der Waals surface area (Å²) in [5, 5.41) is 10.3. The van der Waals surface area contributed by atoms with Gasteiger partial charge in [0.2, 0.25) is 0 Å². The maximum atomic E-state index is 7.66. The Labute approximate surface area is 36.5 Å².